The van der Waals surface area contributed by atoms with Gasteiger partial charge >= 0.3 is 5.97 Å². The third kappa shape index (κ3) is 2.32. The number of carbonyl (C=O) groups excluding carboxylic acids is 1. The van der Waals surface area contributed by atoms with Gasteiger partial charge in [0.2, 0.25) is 0 Å². The van der Waals surface area contributed by atoms with Gasteiger partial charge < -0.3 is 4.74 Å². The second-order valence-corrected chi connectivity index (χ2v) is 4.38. The molecule has 2 rings (SSSR count). The van der Waals surface area contributed by atoms with E-state index in [0.717, 1.165) is 0 Å². The molecular weight excluding hydrogens is 277 g/mol. The number of rotatable bonds is 2. The molecule has 2 heterocycles. The molecule has 0 saturated heterocycles. The molecule has 0 radical (unpaired) electrons. The zero-order chi connectivity index (χ0) is 13.3. The molecule has 0 amide bonds. The van der Waals surface area contributed by atoms with Gasteiger partial charge in [-0.15, -0.1) is 0 Å². The Hall–Kier alpha value is -1.59. The van der Waals surface area contributed by atoms with Crippen LogP contribution in [0.25, 0.3) is 5.82 Å². The van der Waals surface area contributed by atoms with Crippen molar-refractivity contribution in [3.63, 3.8) is 0 Å². The Morgan fingerprint density at radius 3 is 2.72 bits per heavy atom. The van der Waals surface area contributed by atoms with Gasteiger partial charge in [-0.05, 0) is 19.1 Å². The largest absolute Gasteiger partial charge is 0.464 e. The second-order valence-electron chi connectivity index (χ2n) is 3.53. The fourth-order valence-corrected chi connectivity index (χ4v) is 1.93. The van der Waals surface area contributed by atoms with E-state index in [4.69, 9.17) is 23.2 Å². The summed E-state index contributed by atoms with van der Waals surface area (Å²) in [5.41, 5.74) is 0.912. The van der Waals surface area contributed by atoms with E-state index in [1.54, 1.807) is 13.0 Å². The third-order valence-corrected chi connectivity index (χ3v) is 2.70. The highest BCUT2D eigenvalue weighted by atomic mass is 35.5. The number of nitrogens with zero attached hydrogens (tertiary/aromatic N) is 3. The van der Waals surface area contributed by atoms with Crippen molar-refractivity contribution in [1.29, 1.82) is 0 Å². The normalized spacial score (nSPS) is 10.4. The minimum atomic E-state index is -0.511. The highest BCUT2D eigenvalue weighted by Crippen LogP contribution is 2.23. The van der Waals surface area contributed by atoms with Gasteiger partial charge in [0.15, 0.2) is 11.5 Å². The predicted molar refractivity (Wildman–Crippen MR) is 67.5 cm³/mol. The van der Waals surface area contributed by atoms with Crippen molar-refractivity contribution >= 4 is 29.2 Å². The second kappa shape index (κ2) is 4.96. The van der Waals surface area contributed by atoms with Crippen LogP contribution < -0.4 is 0 Å². The Labute approximate surface area is 113 Å². The zero-order valence-electron chi connectivity index (χ0n) is 9.65. The van der Waals surface area contributed by atoms with Crippen LogP contribution in [-0.2, 0) is 4.74 Å². The molecule has 0 aromatic carbocycles. The SMILES string of the molecule is COC(=O)c1cc(C)nn1-c1ncc(Cl)cc1Cl. The van der Waals surface area contributed by atoms with Crippen molar-refractivity contribution in [3.8, 4) is 5.82 Å². The van der Waals surface area contributed by atoms with Crippen LogP contribution in [0.15, 0.2) is 18.3 Å². The van der Waals surface area contributed by atoms with E-state index in [1.165, 1.54) is 24.1 Å². The van der Waals surface area contributed by atoms with Crippen LogP contribution in [0.2, 0.25) is 10.0 Å². The number of esters is 1. The fourth-order valence-electron chi connectivity index (χ4n) is 1.47. The molecule has 0 aliphatic heterocycles. The van der Waals surface area contributed by atoms with Crippen molar-refractivity contribution in [2.24, 2.45) is 0 Å². The minimum Gasteiger partial charge on any atom is -0.464 e. The van der Waals surface area contributed by atoms with E-state index in [2.05, 4.69) is 14.8 Å². The predicted octanol–water partition coefficient (Wildman–Crippen LogP) is 2.67. The molecule has 2 aromatic rings. The van der Waals surface area contributed by atoms with Gasteiger partial charge in [-0.2, -0.15) is 5.10 Å². The van der Waals surface area contributed by atoms with Crippen LogP contribution in [-0.4, -0.2) is 27.8 Å². The van der Waals surface area contributed by atoms with Gasteiger partial charge in [0, 0.05) is 6.20 Å². The summed E-state index contributed by atoms with van der Waals surface area (Å²) in [6.45, 7) is 1.76. The number of carbonyl (C=O) groups is 1. The molecule has 0 bridgehead atoms. The Bertz CT molecular complexity index is 610. The first kappa shape index (κ1) is 12.9. The van der Waals surface area contributed by atoms with Crippen LogP contribution >= 0.6 is 23.2 Å². The molecule has 0 aliphatic carbocycles. The van der Waals surface area contributed by atoms with Crippen molar-refractivity contribution in [2.75, 3.05) is 7.11 Å². The first-order chi connectivity index (χ1) is 8.52. The molecule has 94 valence electrons. The number of halogens is 2. The maximum Gasteiger partial charge on any atom is 0.356 e. The maximum atomic E-state index is 11.6. The average Bonchev–Trinajstić information content (AvgIpc) is 2.70. The number of aromatic nitrogens is 3. The molecule has 5 nitrogen and oxygen atoms in total. The third-order valence-electron chi connectivity index (χ3n) is 2.22. The lowest BCUT2D eigenvalue weighted by molar-refractivity contribution is 0.0590. The summed E-state index contributed by atoms with van der Waals surface area (Å²) < 4.78 is 6.01. The Morgan fingerprint density at radius 1 is 1.39 bits per heavy atom. The summed E-state index contributed by atoms with van der Waals surface area (Å²) in [7, 11) is 1.30. The van der Waals surface area contributed by atoms with E-state index in [-0.39, 0.29) is 5.69 Å². The number of pyridine rings is 1. The van der Waals surface area contributed by atoms with E-state index < -0.39 is 5.97 Å². The molecule has 0 spiro atoms. The Balaban J connectivity index is 2.60. The van der Waals surface area contributed by atoms with Crippen molar-refractivity contribution in [3.05, 3.63) is 39.8 Å². The van der Waals surface area contributed by atoms with E-state index in [0.29, 0.717) is 21.6 Å². The Kier molecular flexibility index (Phi) is 3.54. The summed E-state index contributed by atoms with van der Waals surface area (Å²) in [5.74, 6) is -0.182. The highest BCUT2D eigenvalue weighted by Gasteiger charge is 2.18. The van der Waals surface area contributed by atoms with Crippen LogP contribution in [0.5, 0.6) is 0 Å². The molecule has 18 heavy (non-hydrogen) atoms. The number of hydrogen-bond acceptors (Lipinski definition) is 4. The van der Waals surface area contributed by atoms with Gasteiger partial charge in [-0.3, -0.25) is 0 Å². The smallest absolute Gasteiger partial charge is 0.356 e. The Morgan fingerprint density at radius 2 is 2.11 bits per heavy atom. The summed E-state index contributed by atoms with van der Waals surface area (Å²) in [4.78, 5) is 15.7. The lowest BCUT2D eigenvalue weighted by Crippen LogP contribution is -2.11. The molecule has 0 unspecified atom stereocenters. The standard InChI is InChI=1S/C11H9Cl2N3O2/c1-6-3-9(11(17)18-2)16(15-6)10-8(13)4-7(12)5-14-10/h3-5H,1-2H3. The number of methoxy groups -OCH3 is 1. The maximum absolute atomic E-state index is 11.6. The van der Waals surface area contributed by atoms with Crippen LogP contribution in [0.3, 0.4) is 0 Å². The van der Waals surface area contributed by atoms with E-state index >= 15 is 0 Å². The molecule has 0 N–H and O–H groups in total. The monoisotopic (exact) mass is 285 g/mol. The number of hydrogen-bond donors (Lipinski definition) is 0. The van der Waals surface area contributed by atoms with Gasteiger partial charge in [-0.1, -0.05) is 23.2 Å². The summed E-state index contributed by atoms with van der Waals surface area (Å²) in [6.07, 6.45) is 1.43. The first-order valence-corrected chi connectivity index (χ1v) is 5.75. The highest BCUT2D eigenvalue weighted by molar-refractivity contribution is 6.35. The van der Waals surface area contributed by atoms with Gasteiger partial charge in [0.25, 0.3) is 0 Å². The van der Waals surface area contributed by atoms with Crippen molar-refractivity contribution < 1.29 is 9.53 Å². The first-order valence-electron chi connectivity index (χ1n) is 4.99. The topological polar surface area (TPSA) is 57.0 Å². The summed E-state index contributed by atoms with van der Waals surface area (Å²) in [5, 5.41) is 4.88. The molecular formula is C11H9Cl2N3O2. The number of ether oxygens (including phenoxy) is 1. The molecule has 2 aromatic heterocycles. The van der Waals surface area contributed by atoms with Crippen LogP contribution in [0, 0.1) is 6.92 Å². The van der Waals surface area contributed by atoms with Gasteiger partial charge in [0.1, 0.15) is 0 Å². The van der Waals surface area contributed by atoms with Crippen LogP contribution in [0.1, 0.15) is 16.2 Å². The lowest BCUT2D eigenvalue weighted by Gasteiger charge is -2.06. The van der Waals surface area contributed by atoms with E-state index in [9.17, 15) is 4.79 Å². The average molecular weight is 286 g/mol. The minimum absolute atomic E-state index is 0.256. The summed E-state index contributed by atoms with van der Waals surface area (Å²) in [6, 6.07) is 3.13. The van der Waals surface area contributed by atoms with Crippen molar-refractivity contribution in [2.45, 2.75) is 6.92 Å². The molecule has 0 fully saturated rings. The fraction of sp³-hybridized carbons (Fsp3) is 0.182. The van der Waals surface area contributed by atoms with Gasteiger partial charge in [-0.25, -0.2) is 14.5 Å². The summed E-state index contributed by atoms with van der Waals surface area (Å²) >= 11 is 11.8. The number of aryl methyl sites for hydroxylation is 1. The lowest BCUT2D eigenvalue weighted by atomic mass is 10.3. The van der Waals surface area contributed by atoms with Crippen LogP contribution in [0.4, 0.5) is 0 Å². The van der Waals surface area contributed by atoms with Crippen molar-refractivity contribution in [1.82, 2.24) is 14.8 Å². The molecule has 0 aliphatic rings. The van der Waals surface area contributed by atoms with Gasteiger partial charge in [0.05, 0.1) is 22.8 Å². The molecule has 7 heteroatoms. The molecule has 0 saturated carbocycles. The molecule has 0 atom stereocenters. The van der Waals surface area contributed by atoms with E-state index in [1.807, 2.05) is 0 Å². The zero-order valence-corrected chi connectivity index (χ0v) is 11.2. The quantitative estimate of drug-likeness (QED) is 0.796.